The Balaban J connectivity index is 1.40. The van der Waals surface area contributed by atoms with Crippen molar-refractivity contribution in [3.05, 3.63) is 71.3 Å². The molecule has 7 heteroatoms. The number of imide groups is 1. The molecule has 0 bridgehead atoms. The molecular formula is C26H29NO6. The molecule has 2 aromatic rings. The van der Waals surface area contributed by atoms with Gasteiger partial charge in [-0.25, -0.2) is 4.79 Å². The van der Waals surface area contributed by atoms with Crippen LogP contribution in [0.5, 0.6) is 0 Å². The number of unbranched alkanes of at least 4 members (excludes halogenated alkanes) is 2. The first-order valence-electron chi connectivity index (χ1n) is 11.2. The first kappa shape index (κ1) is 24.2. The lowest BCUT2D eigenvalue weighted by Gasteiger charge is -2.27. The number of esters is 2. The number of hydrogen-bond acceptors (Lipinski definition) is 6. The molecule has 0 spiro atoms. The zero-order valence-electron chi connectivity index (χ0n) is 19.0. The van der Waals surface area contributed by atoms with Crippen molar-refractivity contribution in [2.75, 3.05) is 6.61 Å². The number of rotatable bonds is 11. The van der Waals surface area contributed by atoms with Gasteiger partial charge in [0.05, 0.1) is 17.7 Å². The van der Waals surface area contributed by atoms with E-state index in [1.54, 1.807) is 38.1 Å². The van der Waals surface area contributed by atoms with Crippen molar-refractivity contribution in [2.45, 2.75) is 52.2 Å². The Bertz CT molecular complexity index is 966. The zero-order valence-corrected chi connectivity index (χ0v) is 19.0. The van der Waals surface area contributed by atoms with Crippen LogP contribution < -0.4 is 0 Å². The fourth-order valence-corrected chi connectivity index (χ4v) is 3.75. The summed E-state index contributed by atoms with van der Waals surface area (Å²) in [6.07, 6.45) is 2.18. The van der Waals surface area contributed by atoms with Crippen LogP contribution in [-0.2, 0) is 25.7 Å². The third kappa shape index (κ3) is 6.06. The lowest BCUT2D eigenvalue weighted by Crippen LogP contribution is -2.48. The van der Waals surface area contributed by atoms with Crippen LogP contribution in [0.3, 0.4) is 0 Å². The van der Waals surface area contributed by atoms with E-state index < -0.39 is 23.8 Å². The maximum atomic E-state index is 12.7. The molecule has 2 amide bonds. The second kappa shape index (κ2) is 11.4. The van der Waals surface area contributed by atoms with Crippen LogP contribution >= 0.6 is 0 Å². The molecule has 1 aliphatic rings. The van der Waals surface area contributed by atoms with Crippen molar-refractivity contribution in [3.8, 4) is 0 Å². The van der Waals surface area contributed by atoms with Crippen molar-refractivity contribution in [1.82, 2.24) is 4.90 Å². The van der Waals surface area contributed by atoms with Crippen molar-refractivity contribution in [1.29, 1.82) is 0 Å². The number of ether oxygens (including phenoxy) is 2. The highest BCUT2D eigenvalue weighted by Crippen LogP contribution is 2.27. The number of hydrogen-bond donors (Lipinski definition) is 0. The van der Waals surface area contributed by atoms with Crippen molar-refractivity contribution in [2.24, 2.45) is 5.92 Å². The molecule has 174 valence electrons. The maximum Gasteiger partial charge on any atom is 0.329 e. The van der Waals surface area contributed by atoms with Crippen LogP contribution in [0.2, 0.25) is 0 Å². The Kier molecular flexibility index (Phi) is 8.35. The van der Waals surface area contributed by atoms with Gasteiger partial charge in [-0.1, -0.05) is 56.3 Å². The van der Waals surface area contributed by atoms with E-state index in [2.05, 4.69) is 0 Å². The normalized spacial score (nSPS) is 13.7. The highest BCUT2D eigenvalue weighted by molar-refractivity contribution is 6.22. The summed E-state index contributed by atoms with van der Waals surface area (Å²) in [5.41, 5.74) is 1.55. The molecular weight excluding hydrogens is 422 g/mol. The van der Waals surface area contributed by atoms with E-state index in [0.717, 1.165) is 10.5 Å². The van der Waals surface area contributed by atoms with Gasteiger partial charge < -0.3 is 9.47 Å². The Morgan fingerprint density at radius 1 is 0.818 bits per heavy atom. The first-order chi connectivity index (χ1) is 15.9. The second-order valence-corrected chi connectivity index (χ2v) is 8.34. The molecule has 7 nitrogen and oxygen atoms in total. The van der Waals surface area contributed by atoms with Gasteiger partial charge in [-0.05, 0) is 42.9 Å². The molecule has 0 fully saturated rings. The van der Waals surface area contributed by atoms with E-state index in [-0.39, 0.29) is 25.1 Å². The summed E-state index contributed by atoms with van der Waals surface area (Å²) in [5, 5.41) is 0. The number of nitrogens with zero attached hydrogens (tertiary/aromatic N) is 1. The zero-order chi connectivity index (χ0) is 23.8. The van der Waals surface area contributed by atoms with Gasteiger partial charge >= 0.3 is 11.9 Å². The Morgan fingerprint density at radius 2 is 1.42 bits per heavy atom. The van der Waals surface area contributed by atoms with Crippen LogP contribution in [-0.4, -0.2) is 41.3 Å². The fourth-order valence-electron chi connectivity index (χ4n) is 3.75. The third-order valence-corrected chi connectivity index (χ3v) is 5.49. The van der Waals surface area contributed by atoms with Gasteiger partial charge in [0.1, 0.15) is 12.6 Å². The molecule has 0 aromatic heterocycles. The maximum absolute atomic E-state index is 12.7. The summed E-state index contributed by atoms with van der Waals surface area (Å²) in [7, 11) is 0. The predicted molar refractivity (Wildman–Crippen MR) is 121 cm³/mol. The van der Waals surface area contributed by atoms with Crippen molar-refractivity contribution < 1.29 is 28.7 Å². The van der Waals surface area contributed by atoms with E-state index in [4.69, 9.17) is 9.47 Å². The number of carbonyl (C=O) groups excluding carboxylic acids is 4. The highest BCUT2D eigenvalue weighted by Gasteiger charge is 2.44. The summed E-state index contributed by atoms with van der Waals surface area (Å²) in [4.78, 5) is 51.1. The minimum atomic E-state index is -0.981. The average Bonchev–Trinajstić information content (AvgIpc) is 3.06. The number of amides is 2. The number of fused-ring (bicyclic) bond motifs is 1. The van der Waals surface area contributed by atoms with E-state index in [1.165, 1.54) is 0 Å². The van der Waals surface area contributed by atoms with E-state index in [0.29, 0.717) is 36.8 Å². The van der Waals surface area contributed by atoms with Gasteiger partial charge in [0, 0.05) is 6.42 Å². The SMILES string of the molecule is CC(C)[C@@H](C(=O)OCCCCCC(=O)OCc1ccccc1)N1C(=O)c2ccccc2C1=O. The Morgan fingerprint density at radius 3 is 2.03 bits per heavy atom. The molecule has 0 radical (unpaired) electrons. The quantitative estimate of drug-likeness (QED) is 0.290. The van der Waals surface area contributed by atoms with Gasteiger partial charge in [0.2, 0.25) is 0 Å². The van der Waals surface area contributed by atoms with Crippen LogP contribution in [0.4, 0.5) is 0 Å². The van der Waals surface area contributed by atoms with E-state index in [9.17, 15) is 19.2 Å². The minimum absolute atomic E-state index is 0.157. The largest absolute Gasteiger partial charge is 0.464 e. The molecule has 1 atom stereocenters. The third-order valence-electron chi connectivity index (χ3n) is 5.49. The van der Waals surface area contributed by atoms with Crippen LogP contribution in [0.25, 0.3) is 0 Å². The fraction of sp³-hybridized carbons (Fsp3) is 0.385. The Hall–Kier alpha value is -3.48. The van der Waals surface area contributed by atoms with Gasteiger partial charge in [-0.3, -0.25) is 19.3 Å². The average molecular weight is 452 g/mol. The van der Waals surface area contributed by atoms with Crippen LogP contribution in [0.1, 0.15) is 65.8 Å². The van der Waals surface area contributed by atoms with E-state index in [1.807, 2.05) is 30.3 Å². The molecule has 3 rings (SSSR count). The summed E-state index contributed by atoms with van der Waals surface area (Å²) >= 11 is 0. The molecule has 1 aliphatic heterocycles. The molecule has 0 N–H and O–H groups in total. The summed E-state index contributed by atoms with van der Waals surface area (Å²) in [6.45, 7) is 3.96. The Labute approximate surface area is 193 Å². The molecule has 0 saturated heterocycles. The monoisotopic (exact) mass is 451 g/mol. The van der Waals surface area contributed by atoms with E-state index >= 15 is 0 Å². The highest BCUT2D eigenvalue weighted by atomic mass is 16.5. The van der Waals surface area contributed by atoms with Crippen LogP contribution in [0, 0.1) is 5.92 Å². The van der Waals surface area contributed by atoms with Gasteiger partial charge in [-0.2, -0.15) is 0 Å². The van der Waals surface area contributed by atoms with Gasteiger partial charge in [0.15, 0.2) is 0 Å². The molecule has 1 heterocycles. The lowest BCUT2D eigenvalue weighted by molar-refractivity contribution is -0.150. The van der Waals surface area contributed by atoms with Gasteiger partial charge in [0.25, 0.3) is 11.8 Å². The molecule has 0 aliphatic carbocycles. The molecule has 0 saturated carbocycles. The van der Waals surface area contributed by atoms with Crippen molar-refractivity contribution >= 4 is 23.8 Å². The first-order valence-corrected chi connectivity index (χ1v) is 11.2. The van der Waals surface area contributed by atoms with Gasteiger partial charge in [-0.15, -0.1) is 0 Å². The smallest absolute Gasteiger partial charge is 0.329 e. The topological polar surface area (TPSA) is 90.0 Å². The predicted octanol–water partition coefficient (Wildman–Crippen LogP) is 4.15. The second-order valence-electron chi connectivity index (χ2n) is 8.34. The minimum Gasteiger partial charge on any atom is -0.464 e. The number of benzene rings is 2. The standard InChI is InChI=1S/C26H29NO6/c1-18(2)23(27-24(29)20-13-8-9-14-21(20)25(27)30)26(31)32-16-10-4-7-15-22(28)33-17-19-11-5-3-6-12-19/h3,5-6,8-9,11-14,18,23H,4,7,10,15-17H2,1-2H3/t23-/m0/s1. The summed E-state index contributed by atoms with van der Waals surface area (Å²) < 4.78 is 10.6. The molecule has 33 heavy (non-hydrogen) atoms. The lowest BCUT2D eigenvalue weighted by atomic mass is 10.0. The van der Waals surface area contributed by atoms with Crippen LogP contribution in [0.15, 0.2) is 54.6 Å². The number of carbonyl (C=O) groups is 4. The molecule has 0 unspecified atom stereocenters. The summed E-state index contributed by atoms with van der Waals surface area (Å²) in [6, 6.07) is 15.0. The van der Waals surface area contributed by atoms with Crippen molar-refractivity contribution in [3.63, 3.8) is 0 Å². The molecule has 2 aromatic carbocycles. The summed E-state index contributed by atoms with van der Waals surface area (Å²) in [5.74, 6) is -2.09.